The van der Waals surface area contributed by atoms with Crippen molar-refractivity contribution in [3.05, 3.63) is 106 Å². The predicted molar refractivity (Wildman–Crippen MR) is 111 cm³/mol. The van der Waals surface area contributed by atoms with Crippen LogP contribution >= 0.6 is 0 Å². The Morgan fingerprint density at radius 2 is 1.48 bits per heavy atom. The van der Waals surface area contributed by atoms with E-state index in [-0.39, 0.29) is 34.5 Å². The fourth-order valence-electron chi connectivity index (χ4n) is 2.90. The zero-order valence-corrected chi connectivity index (χ0v) is 15.9. The second-order valence-corrected chi connectivity index (χ2v) is 6.41. The van der Waals surface area contributed by atoms with Crippen molar-refractivity contribution >= 4 is 23.4 Å². The van der Waals surface area contributed by atoms with Gasteiger partial charge in [-0.3, -0.25) is 25.0 Å². The molecule has 0 unspecified atom stereocenters. The van der Waals surface area contributed by atoms with Crippen LogP contribution in [0.5, 0.6) is 0 Å². The van der Waals surface area contributed by atoms with Crippen molar-refractivity contribution in [2.75, 3.05) is 5.32 Å². The Bertz CT molecular complexity index is 1270. The van der Waals surface area contributed by atoms with Crippen LogP contribution in [0.2, 0.25) is 0 Å². The molecule has 0 aliphatic heterocycles. The van der Waals surface area contributed by atoms with Crippen LogP contribution in [0.1, 0.15) is 26.3 Å². The van der Waals surface area contributed by atoms with Crippen molar-refractivity contribution in [2.45, 2.75) is 0 Å². The molecule has 4 rings (SSSR count). The predicted octanol–water partition coefficient (Wildman–Crippen LogP) is 4.13. The average Bonchev–Trinajstić information content (AvgIpc) is 3.27. The zero-order chi connectivity index (χ0) is 21.8. The number of nitro groups is 1. The molecule has 9 heteroatoms. The molecule has 9 nitrogen and oxygen atoms in total. The molecule has 0 saturated carbocycles. The number of non-ortho nitro benzene ring substituents is 1. The lowest BCUT2D eigenvalue weighted by molar-refractivity contribution is -0.384. The van der Waals surface area contributed by atoms with Crippen LogP contribution in [0.25, 0.3) is 11.5 Å². The van der Waals surface area contributed by atoms with E-state index >= 15 is 0 Å². The first-order valence-corrected chi connectivity index (χ1v) is 9.11. The molecule has 0 aliphatic rings. The Balaban J connectivity index is 1.55. The molecule has 0 aliphatic carbocycles. The molecule has 3 aromatic carbocycles. The van der Waals surface area contributed by atoms with Gasteiger partial charge < -0.3 is 4.42 Å². The molecule has 0 atom stereocenters. The Hall–Kier alpha value is -4.66. The minimum absolute atomic E-state index is 0.0727. The van der Waals surface area contributed by atoms with Crippen LogP contribution < -0.4 is 5.32 Å². The van der Waals surface area contributed by atoms with E-state index in [0.717, 1.165) is 0 Å². The minimum atomic E-state index is -0.584. The molecule has 1 N–H and O–H groups in total. The van der Waals surface area contributed by atoms with Crippen LogP contribution in [-0.2, 0) is 0 Å². The topological polar surface area (TPSA) is 128 Å². The third-order valence-electron chi connectivity index (χ3n) is 4.42. The summed E-state index contributed by atoms with van der Waals surface area (Å²) >= 11 is 0. The minimum Gasteiger partial charge on any atom is -0.403 e. The number of nitrogens with zero attached hydrogens (tertiary/aromatic N) is 3. The Kier molecular flexibility index (Phi) is 5.31. The van der Waals surface area contributed by atoms with E-state index in [1.165, 1.54) is 30.3 Å². The van der Waals surface area contributed by atoms with E-state index in [9.17, 15) is 19.7 Å². The molecule has 0 spiro atoms. The van der Waals surface area contributed by atoms with Crippen LogP contribution in [0, 0.1) is 10.1 Å². The summed E-state index contributed by atoms with van der Waals surface area (Å²) in [5, 5.41) is 20.9. The van der Waals surface area contributed by atoms with Crippen molar-refractivity contribution in [3.8, 4) is 11.5 Å². The van der Waals surface area contributed by atoms with Gasteiger partial charge in [-0.2, -0.15) is 0 Å². The highest BCUT2D eigenvalue weighted by atomic mass is 16.6. The number of aromatic nitrogens is 2. The van der Waals surface area contributed by atoms with Gasteiger partial charge in [0.2, 0.25) is 5.89 Å². The first kappa shape index (κ1) is 19.6. The van der Waals surface area contributed by atoms with E-state index in [1.54, 1.807) is 48.5 Å². The lowest BCUT2D eigenvalue weighted by atomic mass is 9.98. The molecule has 1 heterocycles. The molecule has 4 aromatic rings. The summed E-state index contributed by atoms with van der Waals surface area (Å²) in [6, 6.07) is 20.4. The van der Waals surface area contributed by atoms with Crippen molar-refractivity contribution < 1.29 is 18.9 Å². The van der Waals surface area contributed by atoms with Crippen LogP contribution in [0.3, 0.4) is 0 Å². The summed E-state index contributed by atoms with van der Waals surface area (Å²) in [4.78, 5) is 35.8. The van der Waals surface area contributed by atoms with Gasteiger partial charge in [0.25, 0.3) is 11.6 Å². The van der Waals surface area contributed by atoms with Crippen molar-refractivity contribution in [3.63, 3.8) is 0 Å². The van der Waals surface area contributed by atoms with Crippen molar-refractivity contribution in [1.82, 2.24) is 10.2 Å². The number of rotatable bonds is 6. The molecule has 0 radical (unpaired) electrons. The third-order valence-corrected chi connectivity index (χ3v) is 4.42. The molecular formula is C22H14N4O5. The van der Waals surface area contributed by atoms with Crippen LogP contribution in [-0.4, -0.2) is 26.8 Å². The van der Waals surface area contributed by atoms with Gasteiger partial charge >= 0.3 is 6.01 Å². The van der Waals surface area contributed by atoms with Gasteiger partial charge in [0.1, 0.15) is 0 Å². The number of hydrogen-bond donors (Lipinski definition) is 1. The number of carbonyl (C=O) groups excluding carboxylic acids is 2. The Morgan fingerprint density at radius 1 is 0.839 bits per heavy atom. The van der Waals surface area contributed by atoms with Gasteiger partial charge in [-0.1, -0.05) is 53.6 Å². The molecular weight excluding hydrogens is 400 g/mol. The maximum Gasteiger partial charge on any atom is 0.322 e. The maximum atomic E-state index is 12.8. The highest BCUT2D eigenvalue weighted by Gasteiger charge is 2.20. The second kappa shape index (κ2) is 8.37. The third kappa shape index (κ3) is 4.20. The Morgan fingerprint density at radius 3 is 2.16 bits per heavy atom. The van der Waals surface area contributed by atoms with Crippen LogP contribution in [0.15, 0.2) is 83.3 Å². The van der Waals surface area contributed by atoms with Gasteiger partial charge in [-0.15, -0.1) is 5.10 Å². The van der Waals surface area contributed by atoms with E-state index in [2.05, 4.69) is 15.5 Å². The average molecular weight is 414 g/mol. The molecule has 1 amide bonds. The number of hydrogen-bond acceptors (Lipinski definition) is 7. The van der Waals surface area contributed by atoms with E-state index < -0.39 is 10.8 Å². The normalized spacial score (nSPS) is 10.5. The lowest BCUT2D eigenvalue weighted by Gasteiger charge is -2.07. The summed E-state index contributed by atoms with van der Waals surface area (Å²) in [5.74, 6) is -0.791. The van der Waals surface area contributed by atoms with Gasteiger partial charge in [-0.25, -0.2) is 0 Å². The number of anilines is 1. The van der Waals surface area contributed by atoms with E-state index in [4.69, 9.17) is 4.42 Å². The number of carbonyl (C=O) groups is 2. The van der Waals surface area contributed by atoms with Crippen molar-refractivity contribution in [2.24, 2.45) is 0 Å². The van der Waals surface area contributed by atoms with E-state index in [1.807, 2.05) is 0 Å². The molecule has 31 heavy (non-hydrogen) atoms. The number of ketones is 1. The monoisotopic (exact) mass is 414 g/mol. The molecule has 0 fully saturated rings. The standard InChI is InChI=1S/C22H14N4O5/c27-19(14-6-2-1-3-7-14)17-8-4-5-9-18(17)20(28)23-22-25-24-21(31-22)15-10-12-16(13-11-15)26(29)30/h1-13H,(H,23,25,28). The number of benzene rings is 3. The molecule has 152 valence electrons. The molecule has 0 bridgehead atoms. The summed E-state index contributed by atoms with van der Waals surface area (Å²) in [5.41, 5.74) is 1.24. The Labute approximate surface area is 175 Å². The maximum absolute atomic E-state index is 12.8. The fraction of sp³-hybridized carbons (Fsp3) is 0. The van der Waals surface area contributed by atoms with Gasteiger partial charge in [-0.05, 0) is 18.2 Å². The summed E-state index contributed by atoms with van der Waals surface area (Å²) in [7, 11) is 0. The van der Waals surface area contributed by atoms with Crippen molar-refractivity contribution in [1.29, 1.82) is 0 Å². The first-order chi connectivity index (χ1) is 15.0. The summed E-state index contributed by atoms with van der Waals surface area (Å²) in [6.07, 6.45) is 0. The van der Waals surface area contributed by atoms with Gasteiger partial charge in [0.05, 0.1) is 10.5 Å². The van der Waals surface area contributed by atoms with Gasteiger partial charge in [0.15, 0.2) is 5.78 Å². The molecule has 1 aromatic heterocycles. The SMILES string of the molecule is O=C(Nc1nnc(-c2ccc([N+](=O)[O-])cc2)o1)c1ccccc1C(=O)c1ccccc1. The highest BCUT2D eigenvalue weighted by Crippen LogP contribution is 2.23. The quantitative estimate of drug-likeness (QED) is 0.285. The van der Waals surface area contributed by atoms with Crippen LogP contribution in [0.4, 0.5) is 11.7 Å². The lowest BCUT2D eigenvalue weighted by Crippen LogP contribution is -2.17. The largest absolute Gasteiger partial charge is 0.403 e. The highest BCUT2D eigenvalue weighted by molar-refractivity contribution is 6.17. The van der Waals surface area contributed by atoms with Gasteiger partial charge in [0, 0.05) is 28.8 Å². The number of nitro benzene ring substituents is 1. The number of amides is 1. The number of nitrogens with one attached hydrogen (secondary N) is 1. The second-order valence-electron chi connectivity index (χ2n) is 6.41. The zero-order valence-electron chi connectivity index (χ0n) is 15.9. The first-order valence-electron chi connectivity index (χ1n) is 9.11. The smallest absolute Gasteiger partial charge is 0.322 e. The summed E-state index contributed by atoms with van der Waals surface area (Å²) < 4.78 is 5.44. The fourth-order valence-corrected chi connectivity index (χ4v) is 2.90. The molecule has 0 saturated heterocycles. The van der Waals surface area contributed by atoms with E-state index in [0.29, 0.717) is 11.1 Å². The summed E-state index contributed by atoms with van der Waals surface area (Å²) in [6.45, 7) is 0.